The van der Waals surface area contributed by atoms with Crippen LogP contribution in [0.3, 0.4) is 0 Å². The Morgan fingerprint density at radius 2 is 2.27 bits per heavy atom. The predicted molar refractivity (Wildman–Crippen MR) is 52.2 cm³/mol. The number of hydrogen-bond acceptors (Lipinski definition) is 4. The summed E-state index contributed by atoms with van der Waals surface area (Å²) in [7, 11) is 0. The van der Waals surface area contributed by atoms with Gasteiger partial charge in [-0.1, -0.05) is 0 Å². The van der Waals surface area contributed by atoms with Gasteiger partial charge in [-0.3, -0.25) is 4.79 Å². The Hall–Kier alpha value is -1.14. The molecule has 1 fully saturated rings. The van der Waals surface area contributed by atoms with Gasteiger partial charge in [0.25, 0.3) is 0 Å². The number of carbonyl (C=O) groups excluding carboxylic acids is 1. The van der Waals surface area contributed by atoms with E-state index in [4.69, 9.17) is 15.6 Å². The zero-order chi connectivity index (χ0) is 11.4. The second-order valence-corrected chi connectivity index (χ2v) is 3.69. The molecule has 0 aliphatic carbocycles. The van der Waals surface area contributed by atoms with Gasteiger partial charge in [0.15, 0.2) is 6.10 Å². The van der Waals surface area contributed by atoms with Gasteiger partial charge in [-0.15, -0.1) is 0 Å². The largest absolute Gasteiger partial charge is 0.479 e. The average molecular weight is 216 g/mol. The number of nitrogens with one attached hydrogen (secondary N) is 1. The molecule has 6 heteroatoms. The van der Waals surface area contributed by atoms with Gasteiger partial charge in [0, 0.05) is 6.54 Å². The molecule has 1 heterocycles. The molecule has 0 aromatic rings. The van der Waals surface area contributed by atoms with Gasteiger partial charge in [-0.05, 0) is 19.8 Å². The normalized spacial score (nSPS) is 27.5. The Balaban J connectivity index is 2.25. The van der Waals surface area contributed by atoms with Gasteiger partial charge in [0.2, 0.25) is 5.91 Å². The third-order valence-corrected chi connectivity index (χ3v) is 2.46. The molecule has 0 spiro atoms. The van der Waals surface area contributed by atoms with E-state index >= 15 is 0 Å². The number of nitrogens with two attached hydrogens (primary N) is 1. The van der Waals surface area contributed by atoms with Crippen LogP contribution >= 0.6 is 0 Å². The number of carboxylic acids is 1. The van der Waals surface area contributed by atoms with Crippen LogP contribution in [0, 0.1) is 0 Å². The Kier molecular flexibility index (Phi) is 4.05. The number of amides is 1. The predicted octanol–water partition coefficient (Wildman–Crippen LogP) is -0.918. The van der Waals surface area contributed by atoms with Crippen molar-refractivity contribution in [2.24, 2.45) is 5.73 Å². The Morgan fingerprint density at radius 3 is 2.73 bits per heavy atom. The highest BCUT2D eigenvalue weighted by molar-refractivity contribution is 5.79. The minimum absolute atomic E-state index is 0.145. The van der Waals surface area contributed by atoms with Gasteiger partial charge in [0.1, 0.15) is 0 Å². The third-order valence-electron chi connectivity index (χ3n) is 2.46. The molecule has 86 valence electrons. The summed E-state index contributed by atoms with van der Waals surface area (Å²) in [5.74, 6) is -1.36. The van der Waals surface area contributed by atoms with Crippen molar-refractivity contribution in [2.75, 3.05) is 6.54 Å². The molecular weight excluding hydrogens is 200 g/mol. The zero-order valence-electron chi connectivity index (χ0n) is 8.60. The van der Waals surface area contributed by atoms with Crippen molar-refractivity contribution in [3.8, 4) is 0 Å². The molecule has 0 radical (unpaired) electrons. The second-order valence-electron chi connectivity index (χ2n) is 3.69. The molecule has 3 unspecified atom stereocenters. The molecule has 1 aliphatic heterocycles. The molecule has 1 aliphatic rings. The van der Waals surface area contributed by atoms with E-state index in [1.807, 2.05) is 0 Å². The van der Waals surface area contributed by atoms with Crippen LogP contribution in [-0.4, -0.2) is 41.8 Å². The van der Waals surface area contributed by atoms with Crippen molar-refractivity contribution in [3.63, 3.8) is 0 Å². The Labute approximate surface area is 87.8 Å². The summed E-state index contributed by atoms with van der Waals surface area (Å²) >= 11 is 0. The van der Waals surface area contributed by atoms with Crippen molar-refractivity contribution in [1.29, 1.82) is 0 Å². The van der Waals surface area contributed by atoms with Crippen molar-refractivity contribution in [2.45, 2.75) is 38.0 Å². The minimum Gasteiger partial charge on any atom is -0.479 e. The van der Waals surface area contributed by atoms with Gasteiger partial charge in [-0.2, -0.15) is 0 Å². The van der Waals surface area contributed by atoms with Crippen LogP contribution in [0.4, 0.5) is 0 Å². The summed E-state index contributed by atoms with van der Waals surface area (Å²) in [5.41, 5.74) is 5.06. The fraction of sp³-hybridized carbons (Fsp3) is 0.778. The fourth-order valence-electron chi connectivity index (χ4n) is 1.45. The number of carbonyl (C=O) groups is 2. The Bertz CT molecular complexity index is 256. The van der Waals surface area contributed by atoms with Crippen LogP contribution in [0.2, 0.25) is 0 Å². The molecule has 1 rings (SSSR count). The lowest BCUT2D eigenvalue weighted by atomic mass is 10.2. The van der Waals surface area contributed by atoms with Gasteiger partial charge < -0.3 is 20.9 Å². The summed E-state index contributed by atoms with van der Waals surface area (Å²) < 4.78 is 5.24. The standard InChI is InChI=1S/C9H16N2O4/c1-5(8(10)12)11-4-6-2-3-7(15-6)9(13)14/h5-7,11H,2-4H2,1H3,(H2,10,12)(H,13,14). The van der Waals surface area contributed by atoms with Crippen molar-refractivity contribution in [3.05, 3.63) is 0 Å². The molecular formula is C9H16N2O4. The topological polar surface area (TPSA) is 102 Å². The van der Waals surface area contributed by atoms with E-state index in [1.54, 1.807) is 6.92 Å². The fourth-order valence-corrected chi connectivity index (χ4v) is 1.45. The van der Waals surface area contributed by atoms with E-state index < -0.39 is 24.0 Å². The van der Waals surface area contributed by atoms with Gasteiger partial charge in [0.05, 0.1) is 12.1 Å². The minimum atomic E-state index is -0.930. The van der Waals surface area contributed by atoms with E-state index in [-0.39, 0.29) is 6.10 Å². The van der Waals surface area contributed by atoms with Crippen molar-refractivity contribution in [1.82, 2.24) is 5.32 Å². The number of primary amides is 1. The summed E-state index contributed by atoms with van der Waals surface area (Å²) in [6.45, 7) is 2.11. The molecule has 0 aromatic heterocycles. The monoisotopic (exact) mass is 216 g/mol. The van der Waals surface area contributed by atoms with Crippen molar-refractivity contribution < 1.29 is 19.4 Å². The maximum atomic E-state index is 10.7. The number of ether oxygens (including phenoxy) is 1. The van der Waals surface area contributed by atoms with Gasteiger partial charge in [-0.25, -0.2) is 4.79 Å². The van der Waals surface area contributed by atoms with Crippen molar-refractivity contribution >= 4 is 11.9 Å². The molecule has 3 atom stereocenters. The lowest BCUT2D eigenvalue weighted by molar-refractivity contribution is -0.149. The van der Waals surface area contributed by atoms with Crippen LogP contribution < -0.4 is 11.1 Å². The highest BCUT2D eigenvalue weighted by atomic mass is 16.5. The van der Waals surface area contributed by atoms with E-state index in [1.165, 1.54) is 0 Å². The second kappa shape index (κ2) is 5.09. The number of aliphatic carboxylic acids is 1. The molecule has 0 aromatic carbocycles. The Morgan fingerprint density at radius 1 is 1.60 bits per heavy atom. The van der Waals surface area contributed by atoms with Crippen LogP contribution in [0.5, 0.6) is 0 Å². The molecule has 0 bridgehead atoms. The van der Waals surface area contributed by atoms with E-state index in [0.717, 1.165) is 0 Å². The van der Waals surface area contributed by atoms with Crippen LogP contribution in [0.25, 0.3) is 0 Å². The first kappa shape index (κ1) is 11.9. The summed E-state index contributed by atoms with van der Waals surface area (Å²) in [6.07, 6.45) is 0.357. The summed E-state index contributed by atoms with van der Waals surface area (Å²) in [4.78, 5) is 21.3. The molecule has 1 amide bonds. The summed E-state index contributed by atoms with van der Waals surface area (Å²) in [5, 5.41) is 11.6. The van der Waals surface area contributed by atoms with Crippen LogP contribution in [0.15, 0.2) is 0 Å². The van der Waals surface area contributed by atoms with E-state index in [2.05, 4.69) is 5.32 Å². The molecule has 0 saturated carbocycles. The lowest BCUT2D eigenvalue weighted by Crippen LogP contribution is -2.42. The first-order valence-electron chi connectivity index (χ1n) is 4.91. The number of rotatable bonds is 5. The molecule has 4 N–H and O–H groups in total. The highest BCUT2D eigenvalue weighted by Gasteiger charge is 2.30. The van der Waals surface area contributed by atoms with Crippen LogP contribution in [0.1, 0.15) is 19.8 Å². The number of hydrogen-bond donors (Lipinski definition) is 3. The SMILES string of the molecule is CC(NCC1CCC(C(=O)O)O1)C(N)=O. The quantitative estimate of drug-likeness (QED) is 0.551. The van der Waals surface area contributed by atoms with Gasteiger partial charge >= 0.3 is 5.97 Å². The average Bonchev–Trinajstić information content (AvgIpc) is 2.62. The van der Waals surface area contributed by atoms with Crippen LogP contribution in [-0.2, 0) is 14.3 Å². The molecule has 6 nitrogen and oxygen atoms in total. The zero-order valence-corrected chi connectivity index (χ0v) is 8.60. The maximum Gasteiger partial charge on any atom is 0.332 e. The highest BCUT2D eigenvalue weighted by Crippen LogP contribution is 2.19. The lowest BCUT2D eigenvalue weighted by Gasteiger charge is -2.14. The van der Waals surface area contributed by atoms with E-state index in [0.29, 0.717) is 19.4 Å². The third kappa shape index (κ3) is 3.49. The molecule has 1 saturated heterocycles. The maximum absolute atomic E-state index is 10.7. The first-order valence-corrected chi connectivity index (χ1v) is 4.91. The summed E-state index contributed by atoms with van der Waals surface area (Å²) in [6, 6.07) is -0.419. The molecule has 15 heavy (non-hydrogen) atoms. The smallest absolute Gasteiger partial charge is 0.332 e. The van der Waals surface area contributed by atoms with E-state index in [9.17, 15) is 9.59 Å². The first-order chi connectivity index (χ1) is 7.00. The number of carboxylic acid groups (broad SMARTS) is 1.